The third-order valence-electron chi connectivity index (χ3n) is 3.18. The zero-order chi connectivity index (χ0) is 14.8. The molecule has 1 aliphatic carbocycles. The number of sulfone groups is 1. The Balaban J connectivity index is 2.07. The maximum atomic E-state index is 11.2. The average molecular weight is 362 g/mol. The predicted molar refractivity (Wildman–Crippen MR) is 83.9 cm³/mol. The number of aryl methyl sites for hydroxylation is 1. The highest BCUT2D eigenvalue weighted by atomic mass is 79.9. The Morgan fingerprint density at radius 2 is 2.10 bits per heavy atom. The van der Waals surface area contributed by atoms with E-state index in [2.05, 4.69) is 21.2 Å². The van der Waals surface area contributed by atoms with Crippen LogP contribution in [0.15, 0.2) is 16.6 Å². The van der Waals surface area contributed by atoms with Gasteiger partial charge in [-0.15, -0.1) is 0 Å². The molecular formula is C14H20BrNO3S. The van der Waals surface area contributed by atoms with Gasteiger partial charge in [-0.25, -0.2) is 8.42 Å². The Morgan fingerprint density at radius 1 is 1.40 bits per heavy atom. The Morgan fingerprint density at radius 3 is 2.70 bits per heavy atom. The second-order valence-electron chi connectivity index (χ2n) is 5.34. The molecule has 0 amide bonds. The summed E-state index contributed by atoms with van der Waals surface area (Å²) in [5.74, 6) is 0.836. The molecule has 2 rings (SSSR count). The van der Waals surface area contributed by atoms with Crippen molar-refractivity contribution in [3.63, 3.8) is 0 Å². The molecule has 0 aromatic heterocycles. The molecular weight excluding hydrogens is 342 g/mol. The van der Waals surface area contributed by atoms with Crippen LogP contribution in [0.2, 0.25) is 0 Å². The van der Waals surface area contributed by atoms with E-state index in [-0.39, 0.29) is 12.4 Å². The normalized spacial score (nSPS) is 15.3. The third kappa shape index (κ3) is 5.07. The monoisotopic (exact) mass is 361 g/mol. The number of hydrogen-bond acceptors (Lipinski definition) is 4. The molecule has 4 nitrogen and oxygen atoms in total. The summed E-state index contributed by atoms with van der Waals surface area (Å²) in [4.78, 5) is 0. The molecule has 1 aromatic rings. The minimum atomic E-state index is -2.99. The van der Waals surface area contributed by atoms with Gasteiger partial charge in [-0.3, -0.25) is 0 Å². The zero-order valence-electron chi connectivity index (χ0n) is 11.8. The minimum Gasteiger partial charge on any atom is -0.492 e. The molecule has 0 saturated heterocycles. The molecule has 6 heteroatoms. The molecule has 0 spiro atoms. The Labute approximate surface area is 129 Å². The molecule has 20 heavy (non-hydrogen) atoms. The summed E-state index contributed by atoms with van der Waals surface area (Å²) >= 11 is 3.49. The van der Waals surface area contributed by atoms with Crippen molar-refractivity contribution in [2.45, 2.75) is 32.4 Å². The van der Waals surface area contributed by atoms with Gasteiger partial charge >= 0.3 is 0 Å². The lowest BCUT2D eigenvalue weighted by atomic mass is 10.1. The Kier molecular flexibility index (Phi) is 5.09. The molecule has 0 radical (unpaired) electrons. The van der Waals surface area contributed by atoms with Gasteiger partial charge < -0.3 is 10.1 Å². The van der Waals surface area contributed by atoms with E-state index in [1.807, 2.05) is 19.1 Å². The van der Waals surface area contributed by atoms with E-state index in [0.717, 1.165) is 27.9 Å². The summed E-state index contributed by atoms with van der Waals surface area (Å²) in [6, 6.07) is 4.63. The van der Waals surface area contributed by atoms with Gasteiger partial charge in [0.25, 0.3) is 0 Å². The third-order valence-corrected chi connectivity index (χ3v) is 4.54. The van der Waals surface area contributed by atoms with Crippen LogP contribution in [-0.4, -0.2) is 33.1 Å². The van der Waals surface area contributed by atoms with Gasteiger partial charge in [-0.2, -0.15) is 0 Å². The van der Waals surface area contributed by atoms with Gasteiger partial charge in [0.15, 0.2) is 9.84 Å². The van der Waals surface area contributed by atoms with Crippen molar-refractivity contribution >= 4 is 25.8 Å². The molecule has 0 unspecified atom stereocenters. The molecule has 112 valence electrons. The number of benzene rings is 1. The van der Waals surface area contributed by atoms with Crippen molar-refractivity contribution in [2.24, 2.45) is 0 Å². The first-order chi connectivity index (χ1) is 9.35. The van der Waals surface area contributed by atoms with Crippen LogP contribution < -0.4 is 10.1 Å². The van der Waals surface area contributed by atoms with Crippen molar-refractivity contribution in [2.75, 3.05) is 18.6 Å². The molecule has 0 bridgehead atoms. The molecule has 0 aliphatic heterocycles. The predicted octanol–water partition coefficient (Wildman–Crippen LogP) is 2.43. The van der Waals surface area contributed by atoms with Gasteiger partial charge in [0.1, 0.15) is 12.4 Å². The molecule has 1 fully saturated rings. The second kappa shape index (κ2) is 6.45. The van der Waals surface area contributed by atoms with Crippen molar-refractivity contribution in [1.29, 1.82) is 0 Å². The summed E-state index contributed by atoms with van der Waals surface area (Å²) < 4.78 is 29.1. The number of nitrogens with one attached hydrogen (secondary N) is 1. The highest BCUT2D eigenvalue weighted by molar-refractivity contribution is 9.10. The van der Waals surface area contributed by atoms with E-state index >= 15 is 0 Å². The maximum Gasteiger partial charge on any atom is 0.150 e. The Hall–Kier alpha value is -0.590. The quantitative estimate of drug-likeness (QED) is 0.810. The topological polar surface area (TPSA) is 55.4 Å². The fourth-order valence-electron chi connectivity index (χ4n) is 1.97. The minimum absolute atomic E-state index is 0.0397. The van der Waals surface area contributed by atoms with Gasteiger partial charge in [0.05, 0.1) is 5.75 Å². The summed E-state index contributed by atoms with van der Waals surface area (Å²) in [5, 5.41) is 3.46. The van der Waals surface area contributed by atoms with Crippen molar-refractivity contribution in [1.82, 2.24) is 5.32 Å². The van der Waals surface area contributed by atoms with Crippen molar-refractivity contribution in [3.8, 4) is 5.75 Å². The van der Waals surface area contributed by atoms with Crippen molar-refractivity contribution in [3.05, 3.63) is 27.7 Å². The first-order valence-corrected chi connectivity index (χ1v) is 9.53. The number of ether oxygens (including phenoxy) is 1. The number of hydrogen-bond donors (Lipinski definition) is 1. The number of rotatable bonds is 7. The van der Waals surface area contributed by atoms with Crippen LogP contribution in [0.25, 0.3) is 0 Å². The fourth-order valence-corrected chi connectivity index (χ4v) is 2.98. The van der Waals surface area contributed by atoms with Crippen LogP contribution in [0.5, 0.6) is 5.75 Å². The fraction of sp³-hybridized carbons (Fsp3) is 0.571. The van der Waals surface area contributed by atoms with E-state index in [4.69, 9.17) is 4.74 Å². The SMILES string of the molecule is Cc1cc(Br)cc(CNC2CC2)c1OCCS(C)(=O)=O. The smallest absolute Gasteiger partial charge is 0.150 e. The first-order valence-electron chi connectivity index (χ1n) is 6.68. The molecule has 0 heterocycles. The van der Waals surface area contributed by atoms with E-state index < -0.39 is 9.84 Å². The average Bonchev–Trinajstić information content (AvgIpc) is 3.11. The van der Waals surface area contributed by atoms with E-state index in [9.17, 15) is 8.42 Å². The molecule has 1 N–H and O–H groups in total. The maximum absolute atomic E-state index is 11.2. The van der Waals surface area contributed by atoms with Crippen LogP contribution in [0.1, 0.15) is 24.0 Å². The highest BCUT2D eigenvalue weighted by Crippen LogP contribution is 2.29. The first kappa shape index (κ1) is 15.8. The summed E-state index contributed by atoms with van der Waals surface area (Å²) in [6.07, 6.45) is 3.69. The van der Waals surface area contributed by atoms with Gasteiger partial charge in [0, 0.05) is 28.9 Å². The standard InChI is InChI=1S/C14H20BrNO3S/c1-10-7-12(15)8-11(9-16-13-3-4-13)14(10)19-5-6-20(2,17)18/h7-8,13,16H,3-6,9H2,1-2H3. The molecule has 1 saturated carbocycles. The van der Waals surface area contributed by atoms with E-state index in [1.165, 1.54) is 19.1 Å². The largest absolute Gasteiger partial charge is 0.492 e. The lowest BCUT2D eigenvalue weighted by molar-refractivity contribution is 0.334. The van der Waals surface area contributed by atoms with Crippen LogP contribution in [0.4, 0.5) is 0 Å². The lowest BCUT2D eigenvalue weighted by Gasteiger charge is -2.15. The van der Waals surface area contributed by atoms with Crippen LogP contribution >= 0.6 is 15.9 Å². The van der Waals surface area contributed by atoms with Crippen LogP contribution in [0.3, 0.4) is 0 Å². The van der Waals surface area contributed by atoms with E-state index in [0.29, 0.717) is 6.04 Å². The lowest BCUT2D eigenvalue weighted by Crippen LogP contribution is -2.18. The highest BCUT2D eigenvalue weighted by Gasteiger charge is 2.21. The molecule has 1 aromatic carbocycles. The van der Waals surface area contributed by atoms with Crippen LogP contribution in [0, 0.1) is 6.92 Å². The molecule has 0 atom stereocenters. The van der Waals surface area contributed by atoms with Gasteiger partial charge in [0.2, 0.25) is 0 Å². The van der Waals surface area contributed by atoms with Crippen LogP contribution in [-0.2, 0) is 16.4 Å². The summed E-state index contributed by atoms with van der Waals surface area (Å²) in [7, 11) is -2.99. The van der Waals surface area contributed by atoms with E-state index in [1.54, 1.807) is 0 Å². The second-order valence-corrected chi connectivity index (χ2v) is 8.52. The summed E-state index contributed by atoms with van der Waals surface area (Å²) in [5.41, 5.74) is 2.08. The van der Waals surface area contributed by atoms with Gasteiger partial charge in [-0.1, -0.05) is 15.9 Å². The Bertz CT molecular complexity index is 582. The molecule has 1 aliphatic rings. The number of halogens is 1. The van der Waals surface area contributed by atoms with Crippen molar-refractivity contribution < 1.29 is 13.2 Å². The van der Waals surface area contributed by atoms with Gasteiger partial charge in [-0.05, 0) is 37.5 Å². The summed E-state index contributed by atoms with van der Waals surface area (Å²) in [6.45, 7) is 2.91. The zero-order valence-corrected chi connectivity index (χ0v) is 14.2.